The molecule has 1 nitrogen and oxygen atoms in total. The van der Waals surface area contributed by atoms with Gasteiger partial charge in [0.1, 0.15) is 11.2 Å². The van der Waals surface area contributed by atoms with E-state index in [4.69, 9.17) is 4.42 Å². The zero-order chi connectivity index (χ0) is 37.0. The third-order valence-corrected chi connectivity index (χ3v) is 11.9. The van der Waals surface area contributed by atoms with Crippen LogP contribution in [0.5, 0.6) is 0 Å². The Labute approximate surface area is 326 Å². The van der Waals surface area contributed by atoms with Crippen LogP contribution < -0.4 is 0 Å². The second-order valence-corrected chi connectivity index (χ2v) is 15.1. The Morgan fingerprint density at radius 1 is 0.339 bits per heavy atom. The summed E-state index contributed by atoms with van der Waals surface area (Å²) in [4.78, 5) is 0. The Bertz CT molecular complexity index is 3190. The zero-order valence-electron chi connectivity index (χ0n) is 31.0. The van der Waals surface area contributed by atoms with E-state index in [2.05, 4.69) is 200 Å². The molecule has 0 N–H and O–H groups in total. The Kier molecular flexibility index (Phi) is 7.77. The molecule has 0 saturated carbocycles. The predicted octanol–water partition coefficient (Wildman–Crippen LogP) is 15.3. The molecule has 11 aromatic rings. The van der Waals surface area contributed by atoms with Crippen LogP contribution >= 0.6 is 0 Å². The van der Waals surface area contributed by atoms with E-state index >= 15 is 0 Å². The molecule has 10 aromatic carbocycles. The lowest BCUT2D eigenvalue weighted by molar-refractivity contribution is 0.668. The Balaban J connectivity index is 1.02. The summed E-state index contributed by atoms with van der Waals surface area (Å²) in [5.74, 6) is 0.209. The van der Waals surface area contributed by atoms with E-state index in [0.717, 1.165) is 24.0 Å². The van der Waals surface area contributed by atoms with Crippen molar-refractivity contribution in [3.63, 3.8) is 0 Å². The Morgan fingerprint density at radius 2 is 0.875 bits per heavy atom. The van der Waals surface area contributed by atoms with Gasteiger partial charge in [0.2, 0.25) is 0 Å². The first kappa shape index (κ1) is 32.5. The van der Waals surface area contributed by atoms with Crippen LogP contribution in [0.25, 0.3) is 87.3 Å². The number of fused-ring (bicyclic) bond motifs is 11. The van der Waals surface area contributed by atoms with Crippen molar-refractivity contribution in [1.29, 1.82) is 0 Å². The lowest BCUT2D eigenvalue weighted by Gasteiger charge is -2.20. The normalized spacial score (nSPS) is 12.4. The average molecular weight is 715 g/mol. The van der Waals surface area contributed by atoms with Gasteiger partial charge in [0.25, 0.3) is 0 Å². The summed E-state index contributed by atoms with van der Waals surface area (Å²) >= 11 is 0. The van der Waals surface area contributed by atoms with Crippen LogP contribution in [-0.2, 0) is 6.42 Å². The first-order chi connectivity index (χ1) is 27.8. The maximum atomic E-state index is 6.60. The van der Waals surface area contributed by atoms with Gasteiger partial charge in [-0.3, -0.25) is 0 Å². The fourth-order valence-corrected chi connectivity index (χ4v) is 9.22. The van der Waals surface area contributed by atoms with Gasteiger partial charge >= 0.3 is 0 Å². The smallest absolute Gasteiger partial charge is 0.136 e. The van der Waals surface area contributed by atoms with Crippen molar-refractivity contribution < 1.29 is 4.42 Å². The molecule has 264 valence electrons. The summed E-state index contributed by atoms with van der Waals surface area (Å²) in [5.41, 5.74) is 10.7. The second kappa shape index (κ2) is 13.4. The number of hydrogen-bond acceptors (Lipinski definition) is 1. The van der Waals surface area contributed by atoms with Crippen molar-refractivity contribution in [2.75, 3.05) is 0 Å². The van der Waals surface area contributed by atoms with Crippen molar-refractivity contribution in [1.82, 2.24) is 0 Å². The lowest BCUT2D eigenvalue weighted by Crippen LogP contribution is -2.04. The number of benzene rings is 10. The number of hydrogen-bond donors (Lipinski definition) is 0. The van der Waals surface area contributed by atoms with E-state index in [9.17, 15) is 0 Å². The van der Waals surface area contributed by atoms with Gasteiger partial charge in [-0.05, 0) is 119 Å². The molecule has 0 amide bonds. The molecule has 0 spiro atoms. The molecule has 0 fully saturated rings. The molecule has 1 heterocycles. The lowest BCUT2D eigenvalue weighted by atomic mass is 9.83. The van der Waals surface area contributed by atoms with Gasteiger partial charge in [-0.25, -0.2) is 0 Å². The van der Waals surface area contributed by atoms with E-state index in [1.807, 2.05) is 0 Å². The minimum Gasteiger partial charge on any atom is -0.456 e. The molecule has 0 aliphatic rings. The highest BCUT2D eigenvalue weighted by Crippen LogP contribution is 2.42. The highest BCUT2D eigenvalue weighted by Gasteiger charge is 2.19. The third-order valence-electron chi connectivity index (χ3n) is 11.9. The van der Waals surface area contributed by atoms with Crippen LogP contribution in [0.3, 0.4) is 0 Å². The van der Waals surface area contributed by atoms with Gasteiger partial charge in [0, 0.05) is 16.7 Å². The summed E-state index contributed by atoms with van der Waals surface area (Å²) < 4.78 is 6.60. The monoisotopic (exact) mass is 714 g/mol. The fourth-order valence-electron chi connectivity index (χ4n) is 9.22. The van der Waals surface area contributed by atoms with Gasteiger partial charge in [-0.1, -0.05) is 176 Å². The minimum absolute atomic E-state index is 0.209. The van der Waals surface area contributed by atoms with E-state index < -0.39 is 0 Å². The van der Waals surface area contributed by atoms with Crippen LogP contribution in [0.4, 0.5) is 0 Å². The van der Waals surface area contributed by atoms with Gasteiger partial charge in [-0.2, -0.15) is 0 Å². The Hall–Kier alpha value is -6.96. The molecule has 1 atom stereocenters. The van der Waals surface area contributed by atoms with Gasteiger partial charge in [-0.15, -0.1) is 0 Å². The average Bonchev–Trinajstić information content (AvgIpc) is 3.65. The molecule has 0 aliphatic heterocycles. The fraction of sp³-hybridized carbons (Fsp3) is 0.0545. The SMILES string of the molecule is c1ccc(-c2ccc(C(CCc3ccc4oc5cc(-c6ccccc6)c6ccccc6c5c4c3)c3ccc4c5ccccc5c5ccccc5c4c3)cc2)cc1. The quantitative estimate of drug-likeness (QED) is 0.150. The first-order valence-electron chi connectivity index (χ1n) is 19.7. The molecule has 0 bridgehead atoms. The molecule has 1 heteroatoms. The number of aryl methyl sites for hydroxylation is 1. The van der Waals surface area contributed by atoms with Crippen molar-refractivity contribution in [2.45, 2.75) is 18.8 Å². The third kappa shape index (κ3) is 5.47. The molecule has 0 aliphatic carbocycles. The summed E-state index contributed by atoms with van der Waals surface area (Å²) in [6.45, 7) is 0. The standard InChI is InChI=1S/C55H38O/c1-3-13-37(14-4-1)38-25-27-40(28-26-38)42(41-29-31-48-45-19-8-7-17-43(45)44-18-9-10-20-46(44)51(48)34-41)30-23-36-24-32-53-52(33-36)55-49-22-12-11-21-47(49)50(35-54(55)56-53)39-15-5-2-6-16-39/h1-22,24-29,31-35,42H,23,30H2. The highest BCUT2D eigenvalue weighted by atomic mass is 16.3. The summed E-state index contributed by atoms with van der Waals surface area (Å²) in [5, 5.41) is 12.7. The molecule has 11 rings (SSSR count). The van der Waals surface area contributed by atoms with Crippen LogP contribution in [-0.4, -0.2) is 0 Å². The largest absolute Gasteiger partial charge is 0.456 e. The summed E-state index contributed by atoms with van der Waals surface area (Å²) in [7, 11) is 0. The van der Waals surface area contributed by atoms with Crippen molar-refractivity contribution in [2.24, 2.45) is 0 Å². The molecule has 0 radical (unpaired) electrons. The summed E-state index contributed by atoms with van der Waals surface area (Å²) in [6, 6.07) is 73.3. The molecular weight excluding hydrogens is 677 g/mol. The predicted molar refractivity (Wildman–Crippen MR) is 238 cm³/mol. The van der Waals surface area contributed by atoms with Gasteiger partial charge in [0.15, 0.2) is 0 Å². The Morgan fingerprint density at radius 3 is 1.55 bits per heavy atom. The zero-order valence-corrected chi connectivity index (χ0v) is 31.0. The van der Waals surface area contributed by atoms with Crippen molar-refractivity contribution in [3.05, 3.63) is 217 Å². The maximum absolute atomic E-state index is 6.60. The molecule has 56 heavy (non-hydrogen) atoms. The maximum Gasteiger partial charge on any atom is 0.136 e. The van der Waals surface area contributed by atoms with Gasteiger partial charge in [0.05, 0.1) is 0 Å². The van der Waals surface area contributed by atoms with Crippen LogP contribution in [0.2, 0.25) is 0 Å². The highest BCUT2D eigenvalue weighted by molar-refractivity contribution is 6.25. The summed E-state index contributed by atoms with van der Waals surface area (Å²) in [6.07, 6.45) is 1.91. The molecule has 1 unspecified atom stereocenters. The van der Waals surface area contributed by atoms with Crippen LogP contribution in [0.1, 0.15) is 29.0 Å². The van der Waals surface area contributed by atoms with Crippen molar-refractivity contribution >= 4 is 65.0 Å². The van der Waals surface area contributed by atoms with Crippen molar-refractivity contribution in [3.8, 4) is 22.3 Å². The van der Waals surface area contributed by atoms with Gasteiger partial charge < -0.3 is 4.42 Å². The molecular formula is C55H38O. The van der Waals surface area contributed by atoms with E-state index in [-0.39, 0.29) is 5.92 Å². The minimum atomic E-state index is 0.209. The molecule has 1 aromatic heterocycles. The number of rotatable bonds is 7. The van der Waals surface area contributed by atoms with Crippen LogP contribution in [0.15, 0.2) is 205 Å². The van der Waals surface area contributed by atoms with E-state index in [0.29, 0.717) is 0 Å². The van der Waals surface area contributed by atoms with Crippen LogP contribution in [0, 0.1) is 0 Å². The molecule has 0 saturated heterocycles. The van der Waals surface area contributed by atoms with E-state index in [1.165, 1.54) is 92.8 Å². The first-order valence-corrected chi connectivity index (χ1v) is 19.7. The topological polar surface area (TPSA) is 13.1 Å². The van der Waals surface area contributed by atoms with E-state index in [1.54, 1.807) is 0 Å². The number of furan rings is 1. The second-order valence-electron chi connectivity index (χ2n) is 15.1.